The minimum atomic E-state index is -0.330. The fourth-order valence-corrected chi connectivity index (χ4v) is 4.78. The zero-order chi connectivity index (χ0) is 29.8. The standard InChI is InChI=1S/C29H27Cl2N7O4/c1-40-18-6-7-20(21(30)11-18)23-14-34-28(33-13-16-4-5-19(41-2)12-24(16)42-3)29-35-17(15-38(23)29)10-26(39)36-22-8-9-25(31)37-27(22)32/h4-9,11-12,14-15H,10,13H2,1-3H3,(H2,32,37)(H,33,34)(H,36,39). The highest BCUT2D eigenvalue weighted by molar-refractivity contribution is 6.33. The maximum absolute atomic E-state index is 12.9. The van der Waals surface area contributed by atoms with Crippen molar-refractivity contribution in [3.63, 3.8) is 0 Å². The molecule has 0 atom stereocenters. The number of carbonyl (C=O) groups is 1. The number of hydrogen-bond donors (Lipinski definition) is 3. The van der Waals surface area contributed by atoms with E-state index in [1.807, 2.05) is 34.7 Å². The number of carbonyl (C=O) groups excluding carboxylic acids is 1. The predicted molar refractivity (Wildman–Crippen MR) is 163 cm³/mol. The Kier molecular flexibility index (Phi) is 8.51. The van der Waals surface area contributed by atoms with Gasteiger partial charge >= 0.3 is 0 Å². The second-order valence-electron chi connectivity index (χ2n) is 9.09. The number of rotatable bonds is 10. The van der Waals surface area contributed by atoms with Gasteiger partial charge in [-0.1, -0.05) is 23.2 Å². The Balaban J connectivity index is 1.49. The molecule has 0 aliphatic rings. The number of nitrogens with zero attached hydrogens (tertiary/aromatic N) is 4. The Labute approximate surface area is 251 Å². The lowest BCUT2D eigenvalue weighted by molar-refractivity contribution is -0.115. The van der Waals surface area contributed by atoms with E-state index in [0.29, 0.717) is 62.9 Å². The van der Waals surface area contributed by atoms with E-state index in [1.165, 1.54) is 0 Å². The van der Waals surface area contributed by atoms with Crippen molar-refractivity contribution in [2.75, 3.05) is 37.7 Å². The van der Waals surface area contributed by atoms with E-state index in [0.717, 1.165) is 5.56 Å². The molecule has 3 heterocycles. The number of methoxy groups -OCH3 is 3. The molecule has 42 heavy (non-hydrogen) atoms. The molecular weight excluding hydrogens is 581 g/mol. The normalized spacial score (nSPS) is 10.9. The maximum Gasteiger partial charge on any atom is 0.230 e. The van der Waals surface area contributed by atoms with Gasteiger partial charge in [0.05, 0.1) is 56.0 Å². The Morgan fingerprint density at radius 3 is 2.45 bits per heavy atom. The number of halogens is 2. The van der Waals surface area contributed by atoms with Crippen molar-refractivity contribution in [3.05, 3.63) is 82.4 Å². The van der Waals surface area contributed by atoms with Gasteiger partial charge in [-0.15, -0.1) is 0 Å². The van der Waals surface area contributed by atoms with Crippen molar-refractivity contribution in [1.29, 1.82) is 0 Å². The zero-order valence-corrected chi connectivity index (χ0v) is 24.5. The molecule has 5 aromatic rings. The summed E-state index contributed by atoms with van der Waals surface area (Å²) in [7, 11) is 4.77. The van der Waals surface area contributed by atoms with E-state index < -0.39 is 0 Å². The lowest BCUT2D eigenvalue weighted by atomic mass is 10.1. The van der Waals surface area contributed by atoms with Crippen molar-refractivity contribution in [1.82, 2.24) is 19.4 Å². The number of imidazole rings is 1. The monoisotopic (exact) mass is 607 g/mol. The molecule has 0 radical (unpaired) electrons. The first-order chi connectivity index (χ1) is 20.3. The van der Waals surface area contributed by atoms with Crippen molar-refractivity contribution < 1.29 is 19.0 Å². The van der Waals surface area contributed by atoms with E-state index >= 15 is 0 Å². The van der Waals surface area contributed by atoms with Crippen LogP contribution in [0, 0.1) is 0 Å². The fraction of sp³-hybridized carbons (Fsp3) is 0.172. The minimum absolute atomic E-state index is 0.0364. The van der Waals surface area contributed by atoms with Gasteiger partial charge in [-0.05, 0) is 42.5 Å². The number of ether oxygens (including phenoxy) is 3. The molecule has 216 valence electrons. The van der Waals surface area contributed by atoms with Gasteiger partial charge in [0.2, 0.25) is 5.91 Å². The second kappa shape index (κ2) is 12.4. The van der Waals surface area contributed by atoms with Crippen LogP contribution in [0.15, 0.2) is 60.9 Å². The van der Waals surface area contributed by atoms with E-state index in [-0.39, 0.29) is 23.3 Å². The Morgan fingerprint density at radius 2 is 1.74 bits per heavy atom. The van der Waals surface area contributed by atoms with Crippen LogP contribution in [-0.4, -0.2) is 46.6 Å². The molecule has 0 spiro atoms. The van der Waals surface area contributed by atoms with Crippen LogP contribution in [0.4, 0.5) is 17.3 Å². The number of pyridine rings is 1. The first kappa shape index (κ1) is 28.8. The molecule has 0 saturated carbocycles. The van der Waals surface area contributed by atoms with Gasteiger partial charge in [-0.3, -0.25) is 9.20 Å². The topological polar surface area (TPSA) is 138 Å². The number of amides is 1. The molecule has 11 nitrogen and oxygen atoms in total. The van der Waals surface area contributed by atoms with E-state index in [2.05, 4.69) is 20.6 Å². The zero-order valence-electron chi connectivity index (χ0n) is 22.9. The maximum atomic E-state index is 12.9. The van der Waals surface area contributed by atoms with Crippen molar-refractivity contribution >= 4 is 52.1 Å². The molecule has 4 N–H and O–H groups in total. The summed E-state index contributed by atoms with van der Waals surface area (Å²) in [5.74, 6) is 2.26. The third-order valence-electron chi connectivity index (χ3n) is 6.44. The highest BCUT2D eigenvalue weighted by atomic mass is 35.5. The molecule has 3 aromatic heterocycles. The quantitative estimate of drug-likeness (QED) is 0.176. The highest BCUT2D eigenvalue weighted by Crippen LogP contribution is 2.33. The van der Waals surface area contributed by atoms with Gasteiger partial charge in [0, 0.05) is 29.9 Å². The average molecular weight is 608 g/mol. The van der Waals surface area contributed by atoms with E-state index in [9.17, 15) is 4.79 Å². The van der Waals surface area contributed by atoms with Crippen LogP contribution in [0.2, 0.25) is 10.2 Å². The molecule has 0 unspecified atom stereocenters. The third-order valence-corrected chi connectivity index (χ3v) is 6.97. The number of nitrogens with two attached hydrogens (primary N) is 1. The van der Waals surface area contributed by atoms with Crippen LogP contribution >= 0.6 is 23.2 Å². The van der Waals surface area contributed by atoms with Gasteiger partial charge < -0.3 is 30.6 Å². The molecule has 2 aromatic carbocycles. The van der Waals surface area contributed by atoms with Crippen LogP contribution in [0.25, 0.3) is 16.9 Å². The first-order valence-corrected chi connectivity index (χ1v) is 13.4. The number of nitrogens with one attached hydrogen (secondary N) is 2. The molecule has 0 aliphatic carbocycles. The number of aromatic nitrogens is 4. The minimum Gasteiger partial charge on any atom is -0.497 e. The molecule has 5 rings (SSSR count). The molecular formula is C29H27Cl2N7O4. The molecule has 0 saturated heterocycles. The number of nitrogen functional groups attached to an aromatic ring is 1. The van der Waals surface area contributed by atoms with E-state index in [1.54, 1.807) is 51.9 Å². The van der Waals surface area contributed by atoms with Crippen LogP contribution in [0.1, 0.15) is 11.3 Å². The summed E-state index contributed by atoms with van der Waals surface area (Å²) in [6, 6.07) is 14.1. The van der Waals surface area contributed by atoms with Crippen LogP contribution < -0.4 is 30.6 Å². The van der Waals surface area contributed by atoms with Crippen molar-refractivity contribution in [2.45, 2.75) is 13.0 Å². The summed E-state index contributed by atoms with van der Waals surface area (Å²) in [5.41, 5.74) is 9.54. The Hall–Kier alpha value is -4.74. The summed E-state index contributed by atoms with van der Waals surface area (Å²) >= 11 is 12.5. The molecule has 0 fully saturated rings. The largest absolute Gasteiger partial charge is 0.497 e. The number of benzene rings is 2. The summed E-state index contributed by atoms with van der Waals surface area (Å²) in [4.78, 5) is 26.3. The smallest absolute Gasteiger partial charge is 0.230 e. The van der Waals surface area contributed by atoms with Crippen molar-refractivity contribution in [3.8, 4) is 28.5 Å². The summed E-state index contributed by atoms with van der Waals surface area (Å²) < 4.78 is 18.0. The van der Waals surface area contributed by atoms with E-state index in [4.69, 9.17) is 48.1 Å². The number of fused-ring (bicyclic) bond motifs is 1. The van der Waals surface area contributed by atoms with Crippen LogP contribution in [0.5, 0.6) is 17.2 Å². The van der Waals surface area contributed by atoms with Gasteiger partial charge in [0.1, 0.15) is 28.2 Å². The predicted octanol–water partition coefficient (Wildman–Crippen LogP) is 5.50. The summed E-state index contributed by atoms with van der Waals surface area (Å²) in [5, 5.41) is 6.80. The summed E-state index contributed by atoms with van der Waals surface area (Å²) in [6.07, 6.45) is 3.43. The first-order valence-electron chi connectivity index (χ1n) is 12.7. The van der Waals surface area contributed by atoms with Gasteiger partial charge in [0.25, 0.3) is 0 Å². The highest BCUT2D eigenvalue weighted by Gasteiger charge is 2.18. The number of anilines is 3. The van der Waals surface area contributed by atoms with Crippen LogP contribution in [-0.2, 0) is 17.8 Å². The third kappa shape index (κ3) is 6.12. The number of hydrogen-bond acceptors (Lipinski definition) is 9. The van der Waals surface area contributed by atoms with Crippen LogP contribution in [0.3, 0.4) is 0 Å². The lowest BCUT2D eigenvalue weighted by Gasteiger charge is -2.14. The molecule has 0 aliphatic heterocycles. The SMILES string of the molecule is COc1ccc(-c2cnc(NCc3ccc(OC)cc3OC)c3nc(CC(=O)Nc4ccc(Cl)nc4N)cn23)c(Cl)c1. The Bertz CT molecular complexity index is 1780. The second-order valence-corrected chi connectivity index (χ2v) is 9.88. The average Bonchev–Trinajstić information content (AvgIpc) is 3.41. The van der Waals surface area contributed by atoms with Gasteiger partial charge in [0.15, 0.2) is 11.5 Å². The van der Waals surface area contributed by atoms with Gasteiger partial charge in [-0.25, -0.2) is 15.0 Å². The Morgan fingerprint density at radius 1 is 0.976 bits per heavy atom. The molecule has 0 bridgehead atoms. The molecule has 1 amide bonds. The van der Waals surface area contributed by atoms with Crippen molar-refractivity contribution in [2.24, 2.45) is 0 Å². The fourth-order valence-electron chi connectivity index (χ4n) is 4.36. The lowest BCUT2D eigenvalue weighted by Crippen LogP contribution is -2.16. The van der Waals surface area contributed by atoms with Gasteiger partial charge in [-0.2, -0.15) is 0 Å². The summed E-state index contributed by atoms with van der Waals surface area (Å²) in [6.45, 7) is 0.393. The molecule has 13 heteroatoms.